The molecule has 1 aliphatic rings. The minimum absolute atomic E-state index is 0.0777. The van der Waals surface area contributed by atoms with Crippen LogP contribution in [0.1, 0.15) is 42.2 Å². The van der Waals surface area contributed by atoms with Crippen molar-refractivity contribution in [2.45, 2.75) is 32.4 Å². The molecule has 1 saturated carbocycles. The number of carbonyl (C=O) groups is 1. The standard InChI is InChI=1S/C14H17F3N2O2/c1-2-7-19(8-9-3-4-9)12-10(13(20)21)5-6-11(18-12)14(15,16)17/h5-6,9H,2-4,7-8H2,1H3,(H,20,21). The minimum atomic E-state index is -4.58. The normalized spacial score (nSPS) is 15.0. The first-order valence-corrected chi connectivity index (χ1v) is 6.89. The topological polar surface area (TPSA) is 53.4 Å². The SMILES string of the molecule is CCCN(CC1CC1)c1nc(C(F)(F)F)ccc1C(=O)O. The van der Waals surface area contributed by atoms with E-state index < -0.39 is 17.8 Å². The average Bonchev–Trinajstić information content (AvgIpc) is 3.20. The fourth-order valence-corrected chi connectivity index (χ4v) is 2.18. The van der Waals surface area contributed by atoms with Gasteiger partial charge in [-0.15, -0.1) is 0 Å². The van der Waals surface area contributed by atoms with Gasteiger partial charge in [0.05, 0.1) is 0 Å². The van der Waals surface area contributed by atoms with Gasteiger partial charge in [-0.05, 0) is 37.3 Å². The number of alkyl halides is 3. The van der Waals surface area contributed by atoms with E-state index in [0.29, 0.717) is 31.5 Å². The van der Waals surface area contributed by atoms with Crippen molar-refractivity contribution in [3.05, 3.63) is 23.4 Å². The highest BCUT2D eigenvalue weighted by Gasteiger charge is 2.35. The summed E-state index contributed by atoms with van der Waals surface area (Å²) < 4.78 is 38.4. The summed E-state index contributed by atoms with van der Waals surface area (Å²) in [5.74, 6) is -0.913. The van der Waals surface area contributed by atoms with Crippen molar-refractivity contribution in [3.8, 4) is 0 Å². The van der Waals surface area contributed by atoms with Crippen LogP contribution >= 0.6 is 0 Å². The fraction of sp³-hybridized carbons (Fsp3) is 0.571. The lowest BCUT2D eigenvalue weighted by molar-refractivity contribution is -0.141. The zero-order valence-corrected chi connectivity index (χ0v) is 11.7. The van der Waals surface area contributed by atoms with Crippen LogP contribution in [-0.4, -0.2) is 29.1 Å². The Morgan fingerprint density at radius 1 is 1.43 bits per heavy atom. The summed E-state index contributed by atoms with van der Waals surface area (Å²) in [4.78, 5) is 16.5. The maximum atomic E-state index is 12.8. The highest BCUT2D eigenvalue weighted by Crippen LogP contribution is 2.34. The van der Waals surface area contributed by atoms with Crippen LogP contribution in [0.25, 0.3) is 0 Å². The lowest BCUT2D eigenvalue weighted by atomic mass is 10.2. The van der Waals surface area contributed by atoms with Crippen molar-refractivity contribution >= 4 is 11.8 Å². The monoisotopic (exact) mass is 302 g/mol. The van der Waals surface area contributed by atoms with E-state index in [4.69, 9.17) is 0 Å². The van der Waals surface area contributed by atoms with Gasteiger partial charge in [-0.3, -0.25) is 0 Å². The van der Waals surface area contributed by atoms with Gasteiger partial charge < -0.3 is 10.0 Å². The lowest BCUT2D eigenvalue weighted by Gasteiger charge is -2.25. The second kappa shape index (κ2) is 5.91. The molecule has 4 nitrogen and oxygen atoms in total. The Morgan fingerprint density at radius 2 is 2.10 bits per heavy atom. The number of anilines is 1. The molecule has 0 spiro atoms. The fourth-order valence-electron chi connectivity index (χ4n) is 2.18. The van der Waals surface area contributed by atoms with E-state index in [1.807, 2.05) is 6.92 Å². The van der Waals surface area contributed by atoms with Crippen LogP contribution in [-0.2, 0) is 6.18 Å². The molecule has 1 heterocycles. The van der Waals surface area contributed by atoms with Crippen LogP contribution in [0.3, 0.4) is 0 Å². The number of carboxylic acids is 1. The highest BCUT2D eigenvalue weighted by atomic mass is 19.4. The predicted octanol–water partition coefficient (Wildman–Crippen LogP) is 3.43. The van der Waals surface area contributed by atoms with Gasteiger partial charge in [0.25, 0.3) is 0 Å². The molecule has 1 fully saturated rings. The molecule has 7 heteroatoms. The molecule has 1 N–H and O–H groups in total. The average molecular weight is 302 g/mol. The molecule has 0 unspecified atom stereocenters. The third kappa shape index (κ3) is 3.86. The number of halogens is 3. The summed E-state index contributed by atoms with van der Waals surface area (Å²) in [6.07, 6.45) is -1.81. The summed E-state index contributed by atoms with van der Waals surface area (Å²) >= 11 is 0. The van der Waals surface area contributed by atoms with Crippen LogP contribution in [0.2, 0.25) is 0 Å². The van der Waals surface area contributed by atoms with Crippen molar-refractivity contribution in [2.75, 3.05) is 18.0 Å². The van der Waals surface area contributed by atoms with E-state index in [1.54, 1.807) is 4.90 Å². The first-order valence-electron chi connectivity index (χ1n) is 6.89. The van der Waals surface area contributed by atoms with Gasteiger partial charge in [0, 0.05) is 13.1 Å². The summed E-state index contributed by atoms with van der Waals surface area (Å²) in [5, 5.41) is 9.18. The van der Waals surface area contributed by atoms with E-state index in [9.17, 15) is 23.1 Å². The smallest absolute Gasteiger partial charge is 0.433 e. The van der Waals surface area contributed by atoms with Gasteiger partial charge in [0.15, 0.2) is 0 Å². The third-order valence-electron chi connectivity index (χ3n) is 3.36. The van der Waals surface area contributed by atoms with E-state index >= 15 is 0 Å². The van der Waals surface area contributed by atoms with Gasteiger partial charge in [0.2, 0.25) is 0 Å². The number of carboxylic acid groups (broad SMARTS) is 1. The first kappa shape index (κ1) is 15.6. The van der Waals surface area contributed by atoms with Crippen LogP contribution in [0.5, 0.6) is 0 Å². The molecular weight excluding hydrogens is 285 g/mol. The molecule has 1 aromatic rings. The maximum absolute atomic E-state index is 12.8. The second-order valence-electron chi connectivity index (χ2n) is 5.26. The van der Waals surface area contributed by atoms with E-state index in [2.05, 4.69) is 4.98 Å². The molecule has 21 heavy (non-hydrogen) atoms. The lowest BCUT2D eigenvalue weighted by Crippen LogP contribution is -2.30. The molecule has 0 atom stereocenters. The first-order chi connectivity index (χ1) is 9.82. The number of aromatic nitrogens is 1. The number of rotatable bonds is 6. The van der Waals surface area contributed by atoms with Crippen molar-refractivity contribution in [1.29, 1.82) is 0 Å². The van der Waals surface area contributed by atoms with Gasteiger partial charge in [0.1, 0.15) is 17.1 Å². The molecule has 116 valence electrons. The van der Waals surface area contributed by atoms with Crippen molar-refractivity contribution < 1.29 is 23.1 Å². The largest absolute Gasteiger partial charge is 0.478 e. The molecule has 2 rings (SSSR count). The Balaban J connectivity index is 2.41. The molecule has 0 amide bonds. The molecule has 0 bridgehead atoms. The summed E-state index contributed by atoms with van der Waals surface area (Å²) in [7, 11) is 0. The minimum Gasteiger partial charge on any atom is -0.478 e. The molecular formula is C14H17F3N2O2. The number of nitrogens with zero attached hydrogens (tertiary/aromatic N) is 2. The summed E-state index contributed by atoms with van der Waals surface area (Å²) in [6.45, 7) is 2.95. The Kier molecular flexibility index (Phi) is 4.39. The van der Waals surface area contributed by atoms with E-state index in [0.717, 1.165) is 18.9 Å². The Labute approximate surface area is 120 Å². The zero-order valence-electron chi connectivity index (χ0n) is 11.7. The maximum Gasteiger partial charge on any atom is 0.433 e. The molecule has 0 aromatic carbocycles. The Morgan fingerprint density at radius 3 is 2.57 bits per heavy atom. The highest BCUT2D eigenvalue weighted by molar-refractivity contribution is 5.93. The Bertz CT molecular complexity index is 527. The van der Waals surface area contributed by atoms with Crippen LogP contribution in [0.15, 0.2) is 12.1 Å². The molecule has 0 saturated heterocycles. The quantitative estimate of drug-likeness (QED) is 0.874. The molecule has 0 aliphatic heterocycles. The van der Waals surface area contributed by atoms with Crippen molar-refractivity contribution in [2.24, 2.45) is 5.92 Å². The van der Waals surface area contributed by atoms with Gasteiger partial charge in [-0.2, -0.15) is 13.2 Å². The van der Waals surface area contributed by atoms with Gasteiger partial charge >= 0.3 is 12.1 Å². The summed E-state index contributed by atoms with van der Waals surface area (Å²) in [6, 6.07) is 1.71. The van der Waals surface area contributed by atoms with Gasteiger partial charge in [-0.1, -0.05) is 6.92 Å². The second-order valence-corrected chi connectivity index (χ2v) is 5.26. The van der Waals surface area contributed by atoms with Crippen molar-refractivity contribution in [3.63, 3.8) is 0 Å². The van der Waals surface area contributed by atoms with Crippen LogP contribution in [0, 0.1) is 5.92 Å². The number of pyridine rings is 1. The van der Waals surface area contributed by atoms with E-state index in [1.165, 1.54) is 0 Å². The zero-order chi connectivity index (χ0) is 15.6. The number of hydrogen-bond donors (Lipinski definition) is 1. The van der Waals surface area contributed by atoms with E-state index in [-0.39, 0.29) is 11.4 Å². The Hall–Kier alpha value is -1.79. The summed E-state index contributed by atoms with van der Waals surface area (Å²) in [5.41, 5.74) is -1.24. The number of aromatic carboxylic acids is 1. The van der Waals surface area contributed by atoms with Crippen LogP contribution in [0.4, 0.5) is 19.0 Å². The third-order valence-corrected chi connectivity index (χ3v) is 3.36. The molecule has 1 aromatic heterocycles. The molecule has 0 radical (unpaired) electrons. The molecule has 1 aliphatic carbocycles. The predicted molar refractivity (Wildman–Crippen MR) is 71.4 cm³/mol. The van der Waals surface area contributed by atoms with Crippen molar-refractivity contribution in [1.82, 2.24) is 4.98 Å². The van der Waals surface area contributed by atoms with Crippen LogP contribution < -0.4 is 4.90 Å². The number of hydrogen-bond acceptors (Lipinski definition) is 3. The van der Waals surface area contributed by atoms with Gasteiger partial charge in [-0.25, -0.2) is 9.78 Å².